The summed E-state index contributed by atoms with van der Waals surface area (Å²) in [4.78, 5) is 25.6. The minimum absolute atomic E-state index is 0.169. The van der Waals surface area contributed by atoms with Crippen LogP contribution >= 0.6 is 0 Å². The molecule has 0 spiro atoms. The summed E-state index contributed by atoms with van der Waals surface area (Å²) in [7, 11) is 1.42. The van der Waals surface area contributed by atoms with Crippen molar-refractivity contribution in [3.63, 3.8) is 0 Å². The van der Waals surface area contributed by atoms with Crippen molar-refractivity contribution >= 4 is 16.9 Å². The monoisotopic (exact) mass is 396 g/mol. The maximum absolute atomic E-state index is 12.8. The summed E-state index contributed by atoms with van der Waals surface area (Å²) in [5, 5.41) is 11.3. The molecule has 0 aliphatic carbocycles. The number of esters is 1. The van der Waals surface area contributed by atoms with Gasteiger partial charge in [-0.25, -0.2) is 9.59 Å². The third kappa shape index (κ3) is 3.08. The number of aromatic hydroxyl groups is 1. The van der Waals surface area contributed by atoms with Gasteiger partial charge in [0.25, 0.3) is 0 Å². The molecule has 1 aliphatic rings. The fourth-order valence-corrected chi connectivity index (χ4v) is 3.62. The van der Waals surface area contributed by atoms with Crippen LogP contribution in [0.25, 0.3) is 11.0 Å². The molecule has 1 aliphatic heterocycles. The van der Waals surface area contributed by atoms with Crippen molar-refractivity contribution in [2.45, 2.75) is 25.4 Å². The summed E-state index contributed by atoms with van der Waals surface area (Å²) in [5.41, 5.74) is 0.221. The van der Waals surface area contributed by atoms with Crippen LogP contribution in [0, 0.1) is 0 Å². The van der Waals surface area contributed by atoms with Crippen LogP contribution in [0.15, 0.2) is 51.7 Å². The summed E-state index contributed by atoms with van der Waals surface area (Å²) >= 11 is 0. The Bertz CT molecular complexity index is 1130. The van der Waals surface area contributed by atoms with Crippen molar-refractivity contribution in [1.82, 2.24) is 0 Å². The number of fused-ring (bicyclic) bond motifs is 3. The van der Waals surface area contributed by atoms with Gasteiger partial charge in [0.2, 0.25) is 6.10 Å². The number of ether oxygens (including phenoxy) is 3. The Labute approximate surface area is 166 Å². The molecule has 29 heavy (non-hydrogen) atoms. The summed E-state index contributed by atoms with van der Waals surface area (Å²) in [6.07, 6.45) is -0.491. The van der Waals surface area contributed by atoms with Gasteiger partial charge in [0.15, 0.2) is 11.5 Å². The van der Waals surface area contributed by atoms with Crippen molar-refractivity contribution in [2.75, 3.05) is 13.7 Å². The summed E-state index contributed by atoms with van der Waals surface area (Å²) in [6.45, 7) is 2.10. The first-order valence-corrected chi connectivity index (χ1v) is 9.31. The second kappa shape index (κ2) is 7.50. The average Bonchev–Trinajstić information content (AvgIpc) is 3.13. The number of carbonyl (C=O) groups excluding carboxylic acids is 1. The lowest BCUT2D eigenvalue weighted by molar-refractivity contribution is -0.151. The van der Waals surface area contributed by atoms with E-state index < -0.39 is 23.6 Å². The lowest BCUT2D eigenvalue weighted by Crippen LogP contribution is -2.32. The molecule has 7 heteroatoms. The highest BCUT2D eigenvalue weighted by atomic mass is 16.6. The van der Waals surface area contributed by atoms with Crippen molar-refractivity contribution < 1.29 is 28.5 Å². The molecule has 0 saturated heterocycles. The topological polar surface area (TPSA) is 95.2 Å². The zero-order valence-electron chi connectivity index (χ0n) is 16.0. The Morgan fingerprint density at radius 2 is 1.97 bits per heavy atom. The molecule has 2 aromatic carbocycles. The molecule has 2 heterocycles. The van der Waals surface area contributed by atoms with E-state index >= 15 is 0 Å². The molecule has 1 N–H and O–H groups in total. The Hall–Kier alpha value is -3.48. The molecule has 0 fully saturated rings. The standard InChI is InChI=1S/C22H20O7/c1-3-11-27-22(25)20-16(13-8-6-10-15(26-2)18(13)23)17-19(29-20)12-7-4-5-9-14(12)28-21(17)24/h4-10,16,20,23H,3,11H2,1-2H3/t16-,20-/m1/s1. The third-order valence-corrected chi connectivity index (χ3v) is 4.92. The molecule has 2 atom stereocenters. The Kier molecular flexibility index (Phi) is 4.88. The van der Waals surface area contributed by atoms with Gasteiger partial charge in [-0.1, -0.05) is 31.2 Å². The van der Waals surface area contributed by atoms with E-state index in [9.17, 15) is 14.7 Å². The molecule has 0 radical (unpaired) electrons. The lowest BCUT2D eigenvalue weighted by Gasteiger charge is -2.19. The number of para-hydroxylation sites is 2. The molecular weight excluding hydrogens is 376 g/mol. The number of hydrogen-bond donors (Lipinski definition) is 1. The number of benzene rings is 2. The van der Waals surface area contributed by atoms with Crippen LogP contribution in [-0.2, 0) is 9.53 Å². The van der Waals surface area contributed by atoms with Crippen LogP contribution in [0.4, 0.5) is 0 Å². The van der Waals surface area contributed by atoms with Gasteiger partial charge in [-0.15, -0.1) is 0 Å². The van der Waals surface area contributed by atoms with Crippen LogP contribution in [0.1, 0.15) is 30.4 Å². The molecule has 4 rings (SSSR count). The van der Waals surface area contributed by atoms with E-state index in [2.05, 4.69) is 0 Å². The lowest BCUT2D eigenvalue weighted by atomic mass is 9.87. The molecule has 0 saturated carbocycles. The average molecular weight is 396 g/mol. The van der Waals surface area contributed by atoms with E-state index in [0.29, 0.717) is 23.0 Å². The van der Waals surface area contributed by atoms with Crippen LogP contribution in [0.2, 0.25) is 0 Å². The zero-order chi connectivity index (χ0) is 20.5. The normalized spacial score (nSPS) is 17.6. The highest BCUT2D eigenvalue weighted by Gasteiger charge is 2.46. The molecule has 1 aromatic heterocycles. The van der Waals surface area contributed by atoms with Crippen LogP contribution in [0.3, 0.4) is 0 Å². The van der Waals surface area contributed by atoms with Crippen LogP contribution < -0.4 is 15.1 Å². The third-order valence-electron chi connectivity index (χ3n) is 4.92. The maximum atomic E-state index is 12.8. The first kappa shape index (κ1) is 18.9. The summed E-state index contributed by atoms with van der Waals surface area (Å²) < 4.78 is 21.9. The zero-order valence-corrected chi connectivity index (χ0v) is 16.0. The Morgan fingerprint density at radius 1 is 1.17 bits per heavy atom. The van der Waals surface area contributed by atoms with Gasteiger partial charge in [-0.3, -0.25) is 0 Å². The first-order valence-electron chi connectivity index (χ1n) is 9.31. The van der Waals surface area contributed by atoms with Gasteiger partial charge in [-0.2, -0.15) is 0 Å². The molecule has 0 amide bonds. The summed E-state index contributed by atoms with van der Waals surface area (Å²) in [6, 6.07) is 11.8. The highest BCUT2D eigenvalue weighted by Crippen LogP contribution is 2.48. The van der Waals surface area contributed by atoms with E-state index in [-0.39, 0.29) is 29.4 Å². The number of carbonyl (C=O) groups is 1. The molecule has 0 bridgehead atoms. The summed E-state index contributed by atoms with van der Waals surface area (Å²) in [5.74, 6) is -1.19. The quantitative estimate of drug-likeness (QED) is 0.522. The van der Waals surface area contributed by atoms with Gasteiger partial charge in [-0.05, 0) is 24.6 Å². The van der Waals surface area contributed by atoms with Crippen molar-refractivity contribution in [2.24, 2.45) is 0 Å². The fourth-order valence-electron chi connectivity index (χ4n) is 3.62. The molecule has 0 unspecified atom stereocenters. The largest absolute Gasteiger partial charge is 0.504 e. The van der Waals surface area contributed by atoms with Crippen molar-refractivity contribution in [3.05, 3.63) is 64.0 Å². The second-order valence-corrected chi connectivity index (χ2v) is 6.71. The SMILES string of the molecule is CCCOC(=O)[C@@H]1Oc2c(c(=O)oc3ccccc23)[C@H]1c1cccc(OC)c1O. The smallest absolute Gasteiger partial charge is 0.348 e. The molecule has 150 valence electrons. The first-order chi connectivity index (χ1) is 14.1. The van der Waals surface area contributed by atoms with Crippen LogP contribution in [0.5, 0.6) is 17.2 Å². The minimum Gasteiger partial charge on any atom is -0.504 e. The maximum Gasteiger partial charge on any atom is 0.348 e. The predicted octanol–water partition coefficient (Wildman–Crippen LogP) is 3.35. The number of rotatable bonds is 5. The fraction of sp³-hybridized carbons (Fsp3) is 0.273. The van der Waals surface area contributed by atoms with Crippen LogP contribution in [-0.4, -0.2) is 30.9 Å². The second-order valence-electron chi connectivity index (χ2n) is 6.71. The van der Waals surface area contributed by atoms with Gasteiger partial charge < -0.3 is 23.7 Å². The predicted molar refractivity (Wildman–Crippen MR) is 105 cm³/mol. The molecule has 7 nitrogen and oxygen atoms in total. The number of methoxy groups -OCH3 is 1. The number of phenols is 1. The van der Waals surface area contributed by atoms with E-state index in [0.717, 1.165) is 0 Å². The van der Waals surface area contributed by atoms with E-state index in [1.165, 1.54) is 7.11 Å². The van der Waals surface area contributed by atoms with E-state index in [1.807, 2.05) is 6.92 Å². The number of phenolic OH excluding ortho intramolecular Hbond substituents is 1. The Balaban J connectivity index is 1.94. The van der Waals surface area contributed by atoms with Gasteiger partial charge >= 0.3 is 11.6 Å². The molecule has 3 aromatic rings. The van der Waals surface area contributed by atoms with E-state index in [4.69, 9.17) is 18.6 Å². The van der Waals surface area contributed by atoms with E-state index in [1.54, 1.807) is 42.5 Å². The van der Waals surface area contributed by atoms with Gasteiger partial charge in [0.1, 0.15) is 11.3 Å². The van der Waals surface area contributed by atoms with Gasteiger partial charge in [0.05, 0.1) is 30.6 Å². The Morgan fingerprint density at radius 3 is 2.72 bits per heavy atom. The van der Waals surface area contributed by atoms with Crippen molar-refractivity contribution in [3.8, 4) is 17.2 Å². The molecular formula is C22H20O7. The highest BCUT2D eigenvalue weighted by molar-refractivity contribution is 5.88. The van der Waals surface area contributed by atoms with Gasteiger partial charge in [0, 0.05) is 5.56 Å². The number of hydrogen-bond acceptors (Lipinski definition) is 7. The minimum atomic E-state index is -1.14. The van der Waals surface area contributed by atoms with Crippen molar-refractivity contribution in [1.29, 1.82) is 0 Å².